The van der Waals surface area contributed by atoms with Crippen LogP contribution in [0, 0.1) is 31.6 Å². The van der Waals surface area contributed by atoms with Crippen LogP contribution in [0.25, 0.3) is 0 Å². The van der Waals surface area contributed by atoms with Crippen molar-refractivity contribution < 1.29 is 24.2 Å². The second kappa shape index (κ2) is 12.7. The number of rotatable bonds is 12. The molecule has 0 aromatic heterocycles. The van der Waals surface area contributed by atoms with Gasteiger partial charge in [0.2, 0.25) is 17.7 Å². The Balaban J connectivity index is 1.44. The molecule has 2 bridgehead atoms. The number of likely N-dealkylation sites (tertiary alicyclic amines) is 1. The summed E-state index contributed by atoms with van der Waals surface area (Å²) >= 11 is 1.69. The molecule has 0 radical (unpaired) electrons. The van der Waals surface area contributed by atoms with Gasteiger partial charge in [-0.15, -0.1) is 11.8 Å². The number of para-hydroxylation sites is 1. The zero-order valence-corrected chi connectivity index (χ0v) is 25.8. The smallest absolute Gasteiger partial charge is 0.248 e. The van der Waals surface area contributed by atoms with Gasteiger partial charge in [0, 0.05) is 29.8 Å². The number of fused-ring (bicyclic) bond motifs is 1. The molecule has 3 fully saturated rings. The fourth-order valence-corrected chi connectivity index (χ4v) is 9.76. The van der Waals surface area contributed by atoms with Gasteiger partial charge in [-0.3, -0.25) is 14.4 Å². The SMILES string of the molecule is CCOc1ccc(NC(=O)[C@@H]2[C@@H]3CC(C)C4(S3)C(C(=O)Nc3c(C)cccc3C)N(CCCCCCO)C(=O)[C@H]24)cc1. The number of nitrogens with one attached hydrogen (secondary N) is 2. The Bertz CT molecular complexity index is 1300. The number of benzene rings is 2. The summed E-state index contributed by atoms with van der Waals surface area (Å²) in [4.78, 5) is 44.2. The molecule has 8 nitrogen and oxygen atoms in total. The first-order valence-corrected chi connectivity index (χ1v) is 16.1. The summed E-state index contributed by atoms with van der Waals surface area (Å²) in [5.74, 6) is -0.674. The summed E-state index contributed by atoms with van der Waals surface area (Å²) < 4.78 is 4.86. The molecule has 3 N–H and O–H groups in total. The average Bonchev–Trinajstić information content (AvgIpc) is 3.55. The third-order valence-electron chi connectivity index (χ3n) is 9.27. The molecule has 42 heavy (non-hydrogen) atoms. The summed E-state index contributed by atoms with van der Waals surface area (Å²) in [7, 11) is 0. The van der Waals surface area contributed by atoms with Crippen LogP contribution in [0.1, 0.15) is 57.1 Å². The molecule has 1 spiro atoms. The Morgan fingerprint density at radius 2 is 1.71 bits per heavy atom. The van der Waals surface area contributed by atoms with Crippen LogP contribution in [0.5, 0.6) is 5.75 Å². The number of hydrogen-bond donors (Lipinski definition) is 3. The Morgan fingerprint density at radius 3 is 2.38 bits per heavy atom. The highest BCUT2D eigenvalue weighted by atomic mass is 32.2. The fourth-order valence-electron chi connectivity index (χ4n) is 7.34. The van der Waals surface area contributed by atoms with E-state index >= 15 is 0 Å². The molecular weight excluding hydrogens is 550 g/mol. The quantitative estimate of drug-likeness (QED) is 0.293. The summed E-state index contributed by atoms with van der Waals surface area (Å²) in [6.07, 6.45) is 3.98. The van der Waals surface area contributed by atoms with Crippen molar-refractivity contribution in [3.8, 4) is 5.75 Å². The van der Waals surface area contributed by atoms with Crippen molar-refractivity contribution in [1.82, 2.24) is 4.90 Å². The molecule has 226 valence electrons. The summed E-state index contributed by atoms with van der Waals surface area (Å²) in [5, 5.41) is 15.4. The van der Waals surface area contributed by atoms with Crippen LogP contribution in [0.4, 0.5) is 11.4 Å². The van der Waals surface area contributed by atoms with Crippen molar-refractivity contribution in [2.75, 3.05) is 30.4 Å². The van der Waals surface area contributed by atoms with Crippen LogP contribution < -0.4 is 15.4 Å². The summed E-state index contributed by atoms with van der Waals surface area (Å²) in [5.41, 5.74) is 3.39. The maximum atomic E-state index is 14.3. The molecule has 2 aromatic rings. The lowest BCUT2D eigenvalue weighted by molar-refractivity contribution is -0.138. The molecule has 3 amide bonds. The van der Waals surface area contributed by atoms with E-state index in [0.717, 1.165) is 54.7 Å². The molecule has 0 saturated carbocycles. The second-order valence-corrected chi connectivity index (χ2v) is 13.5. The van der Waals surface area contributed by atoms with Gasteiger partial charge >= 0.3 is 0 Å². The van der Waals surface area contributed by atoms with Crippen molar-refractivity contribution in [3.63, 3.8) is 0 Å². The van der Waals surface area contributed by atoms with Crippen molar-refractivity contribution >= 4 is 40.9 Å². The first kappa shape index (κ1) is 30.4. The number of aryl methyl sites for hydroxylation is 2. The van der Waals surface area contributed by atoms with Gasteiger partial charge in [0.25, 0.3) is 0 Å². The van der Waals surface area contributed by atoms with Crippen LogP contribution in [-0.4, -0.2) is 63.5 Å². The number of anilines is 2. The molecule has 9 heteroatoms. The van der Waals surface area contributed by atoms with Gasteiger partial charge in [-0.2, -0.15) is 0 Å². The number of ether oxygens (including phenoxy) is 1. The number of carbonyl (C=O) groups is 3. The van der Waals surface area contributed by atoms with Crippen LogP contribution in [-0.2, 0) is 14.4 Å². The van der Waals surface area contributed by atoms with Gasteiger partial charge < -0.3 is 25.4 Å². The van der Waals surface area contributed by atoms with Crippen molar-refractivity contribution in [3.05, 3.63) is 53.6 Å². The van der Waals surface area contributed by atoms with Gasteiger partial charge in [0.05, 0.1) is 23.2 Å². The number of nitrogens with zero attached hydrogens (tertiary/aromatic N) is 1. The second-order valence-electron chi connectivity index (χ2n) is 11.9. The highest BCUT2D eigenvalue weighted by molar-refractivity contribution is 8.02. The van der Waals surface area contributed by atoms with Crippen molar-refractivity contribution in [1.29, 1.82) is 0 Å². The standard InChI is InChI=1S/C33H43N3O5S/c1-5-41-24-15-13-23(14-16-24)34-30(38)26-25-19-22(4)33(42-25)27(26)32(40)36(17-8-6-7-9-18-37)29(33)31(39)35-28-20(2)11-10-12-21(28)3/h10-16,22,25-27,29,37H,5-9,17-19H2,1-4H3,(H,34,38)(H,35,39)/t22?,25-,26+,27-,29?,33?/m0/s1. The van der Waals surface area contributed by atoms with E-state index in [-0.39, 0.29) is 35.5 Å². The minimum Gasteiger partial charge on any atom is -0.494 e. The van der Waals surface area contributed by atoms with Gasteiger partial charge in [-0.1, -0.05) is 38.0 Å². The lowest BCUT2D eigenvalue weighted by Crippen LogP contribution is -2.55. The largest absolute Gasteiger partial charge is 0.494 e. The number of thioether (sulfide) groups is 1. The molecule has 6 atom stereocenters. The Kier molecular flexibility index (Phi) is 9.18. The first-order valence-electron chi connectivity index (χ1n) is 15.2. The zero-order chi connectivity index (χ0) is 30.0. The molecule has 3 saturated heterocycles. The molecule has 5 rings (SSSR count). The minimum absolute atomic E-state index is 0.0288. The van der Waals surface area contributed by atoms with E-state index in [1.54, 1.807) is 16.7 Å². The fraction of sp³-hybridized carbons (Fsp3) is 0.545. The van der Waals surface area contributed by atoms with Crippen molar-refractivity contribution in [2.24, 2.45) is 17.8 Å². The number of amides is 3. The summed E-state index contributed by atoms with van der Waals surface area (Å²) in [6, 6.07) is 12.5. The van der Waals surface area contributed by atoms with E-state index < -0.39 is 22.6 Å². The minimum atomic E-state index is -0.672. The predicted molar refractivity (Wildman–Crippen MR) is 167 cm³/mol. The lowest BCUT2D eigenvalue weighted by Gasteiger charge is -2.38. The average molecular weight is 594 g/mol. The highest BCUT2D eigenvalue weighted by Gasteiger charge is 2.75. The van der Waals surface area contributed by atoms with Crippen LogP contribution in [0.2, 0.25) is 0 Å². The van der Waals surface area contributed by atoms with E-state index in [2.05, 4.69) is 17.6 Å². The van der Waals surface area contributed by atoms with E-state index in [1.807, 2.05) is 63.2 Å². The maximum Gasteiger partial charge on any atom is 0.248 e. The Morgan fingerprint density at radius 1 is 1.02 bits per heavy atom. The highest BCUT2D eigenvalue weighted by Crippen LogP contribution is 2.68. The summed E-state index contributed by atoms with van der Waals surface area (Å²) in [6.45, 7) is 9.18. The number of aliphatic hydroxyl groups excluding tert-OH is 1. The molecule has 0 aliphatic carbocycles. The number of hydrogen-bond acceptors (Lipinski definition) is 6. The zero-order valence-electron chi connectivity index (χ0n) is 25.0. The van der Waals surface area contributed by atoms with E-state index in [1.165, 1.54) is 0 Å². The molecule has 3 aliphatic rings. The van der Waals surface area contributed by atoms with Gasteiger partial charge in [-0.25, -0.2) is 0 Å². The third-order valence-corrected chi connectivity index (χ3v) is 11.3. The van der Waals surface area contributed by atoms with Gasteiger partial charge in [0.1, 0.15) is 11.8 Å². The predicted octanol–water partition coefficient (Wildman–Crippen LogP) is 5.17. The molecule has 2 aromatic carbocycles. The molecule has 3 aliphatic heterocycles. The van der Waals surface area contributed by atoms with Crippen LogP contribution in [0.3, 0.4) is 0 Å². The molecular formula is C33H43N3O5S. The van der Waals surface area contributed by atoms with Crippen LogP contribution >= 0.6 is 11.8 Å². The van der Waals surface area contributed by atoms with Crippen molar-refractivity contribution in [2.45, 2.75) is 75.8 Å². The third kappa shape index (κ3) is 5.41. The lowest BCUT2D eigenvalue weighted by atomic mass is 9.66. The molecule has 3 heterocycles. The van der Waals surface area contributed by atoms with Gasteiger partial charge in [0.15, 0.2) is 0 Å². The van der Waals surface area contributed by atoms with Crippen LogP contribution in [0.15, 0.2) is 42.5 Å². The Hall–Kier alpha value is -3.04. The van der Waals surface area contributed by atoms with E-state index in [9.17, 15) is 19.5 Å². The molecule has 3 unspecified atom stereocenters. The topological polar surface area (TPSA) is 108 Å². The normalized spacial score (nSPS) is 27.7. The number of aliphatic hydroxyl groups is 1. The maximum absolute atomic E-state index is 14.3. The number of carbonyl (C=O) groups excluding carboxylic acids is 3. The Labute approximate surface area is 253 Å². The van der Waals surface area contributed by atoms with E-state index in [0.29, 0.717) is 18.8 Å². The van der Waals surface area contributed by atoms with Gasteiger partial charge in [-0.05, 0) is 81.3 Å². The monoisotopic (exact) mass is 593 g/mol. The van der Waals surface area contributed by atoms with E-state index in [4.69, 9.17) is 4.74 Å². The number of unbranched alkanes of at least 4 members (excludes halogenated alkanes) is 3. The first-order chi connectivity index (χ1) is 20.2.